The van der Waals surface area contributed by atoms with Gasteiger partial charge >= 0.3 is 0 Å². The fraction of sp³-hybridized carbons (Fsp3) is 0.500. The molecule has 1 aromatic heterocycles. The number of rotatable bonds is 5. The minimum absolute atomic E-state index is 0.133. The maximum absolute atomic E-state index is 14.3. The lowest BCUT2D eigenvalue weighted by molar-refractivity contribution is 0.180. The van der Waals surface area contributed by atoms with Crippen molar-refractivity contribution in [2.75, 3.05) is 25.6 Å². The Morgan fingerprint density at radius 2 is 2.27 bits per heavy atom. The normalized spacial score (nSPS) is 21.2. The van der Waals surface area contributed by atoms with Crippen LogP contribution >= 0.6 is 0 Å². The average molecular weight is 305 g/mol. The van der Waals surface area contributed by atoms with Gasteiger partial charge in [-0.1, -0.05) is 13.3 Å². The minimum atomic E-state index is -0.460. The molecule has 6 heteroatoms. The number of nitrogens with one attached hydrogen (secondary N) is 1. The molecule has 1 aliphatic rings. The molecule has 0 saturated carbocycles. The Morgan fingerprint density at radius 1 is 1.41 bits per heavy atom. The Morgan fingerprint density at radius 3 is 2.95 bits per heavy atom. The zero-order valence-electron chi connectivity index (χ0n) is 12.9. The second-order valence-electron chi connectivity index (χ2n) is 5.66. The second-order valence-corrected chi connectivity index (χ2v) is 5.66. The number of halogens is 1. The highest BCUT2D eigenvalue weighted by Crippen LogP contribution is 2.33. The summed E-state index contributed by atoms with van der Waals surface area (Å²) >= 11 is 0. The van der Waals surface area contributed by atoms with Crippen molar-refractivity contribution in [3.63, 3.8) is 0 Å². The van der Waals surface area contributed by atoms with Crippen LogP contribution in [0.1, 0.15) is 26.2 Å². The summed E-state index contributed by atoms with van der Waals surface area (Å²) in [5.41, 5.74) is 0.134. The van der Waals surface area contributed by atoms with E-state index in [1.807, 2.05) is 0 Å². The highest BCUT2D eigenvalue weighted by molar-refractivity contribution is 5.90. The number of anilines is 1. The number of benzene rings is 1. The van der Waals surface area contributed by atoms with E-state index in [0.717, 1.165) is 25.9 Å². The number of nitrogens with zero attached hydrogens (tertiary/aromatic N) is 2. The van der Waals surface area contributed by atoms with E-state index >= 15 is 0 Å². The van der Waals surface area contributed by atoms with Crippen LogP contribution in [0, 0.1) is 5.82 Å². The zero-order chi connectivity index (χ0) is 15.6. The Balaban J connectivity index is 2.02. The van der Waals surface area contributed by atoms with Gasteiger partial charge in [0, 0.05) is 12.0 Å². The van der Waals surface area contributed by atoms with Gasteiger partial charge in [0.25, 0.3) is 0 Å². The Bertz CT molecular complexity index is 672. The molecular weight excluding hydrogens is 285 g/mol. The van der Waals surface area contributed by atoms with E-state index in [9.17, 15) is 4.39 Å². The van der Waals surface area contributed by atoms with Crippen molar-refractivity contribution in [2.24, 2.45) is 0 Å². The summed E-state index contributed by atoms with van der Waals surface area (Å²) in [7, 11) is 1.44. The quantitative estimate of drug-likeness (QED) is 0.919. The molecular formula is C16H20FN3O2. The van der Waals surface area contributed by atoms with Gasteiger partial charge in [0.1, 0.15) is 17.7 Å². The molecule has 2 aromatic rings. The van der Waals surface area contributed by atoms with Gasteiger partial charge < -0.3 is 14.8 Å². The molecule has 22 heavy (non-hydrogen) atoms. The summed E-state index contributed by atoms with van der Waals surface area (Å²) in [6.07, 6.45) is 4.33. The number of ether oxygens (including phenoxy) is 2. The van der Waals surface area contributed by atoms with Crippen molar-refractivity contribution in [3.05, 3.63) is 24.3 Å². The maximum Gasteiger partial charge on any atom is 0.191 e. The molecule has 0 amide bonds. The van der Waals surface area contributed by atoms with Gasteiger partial charge in [0.15, 0.2) is 11.6 Å². The average Bonchev–Trinajstić information content (AvgIpc) is 2.97. The Kier molecular flexibility index (Phi) is 4.11. The van der Waals surface area contributed by atoms with Crippen molar-refractivity contribution in [2.45, 2.75) is 31.7 Å². The van der Waals surface area contributed by atoms with Crippen molar-refractivity contribution >= 4 is 16.7 Å². The molecule has 1 aliphatic heterocycles. The van der Waals surface area contributed by atoms with Gasteiger partial charge in [0.05, 0.1) is 19.3 Å². The molecule has 1 N–H and O–H groups in total. The third-order valence-corrected chi connectivity index (χ3v) is 4.14. The molecule has 1 saturated heterocycles. The molecule has 0 radical (unpaired) electrons. The van der Waals surface area contributed by atoms with Gasteiger partial charge in [-0.05, 0) is 25.0 Å². The summed E-state index contributed by atoms with van der Waals surface area (Å²) in [6, 6.07) is 3.39. The molecule has 3 rings (SSSR count). The van der Waals surface area contributed by atoms with E-state index in [-0.39, 0.29) is 16.8 Å². The van der Waals surface area contributed by atoms with Crippen molar-refractivity contribution < 1.29 is 13.9 Å². The number of aromatic nitrogens is 2. The molecule has 2 heterocycles. The Labute approximate surface area is 128 Å². The van der Waals surface area contributed by atoms with Crippen molar-refractivity contribution in [1.29, 1.82) is 0 Å². The third kappa shape index (κ3) is 2.59. The lowest BCUT2D eigenvalue weighted by atomic mass is 9.92. The summed E-state index contributed by atoms with van der Waals surface area (Å²) in [4.78, 5) is 8.36. The van der Waals surface area contributed by atoms with Gasteiger partial charge in [0.2, 0.25) is 0 Å². The smallest absolute Gasteiger partial charge is 0.191 e. The van der Waals surface area contributed by atoms with E-state index in [1.54, 1.807) is 12.1 Å². The van der Waals surface area contributed by atoms with Crippen molar-refractivity contribution in [3.8, 4) is 5.75 Å². The van der Waals surface area contributed by atoms with E-state index in [2.05, 4.69) is 22.2 Å². The van der Waals surface area contributed by atoms with Gasteiger partial charge in [-0.3, -0.25) is 0 Å². The monoisotopic (exact) mass is 305 g/mol. The lowest BCUT2D eigenvalue weighted by Gasteiger charge is -2.29. The van der Waals surface area contributed by atoms with Crippen LogP contribution in [-0.2, 0) is 4.74 Å². The predicted octanol–water partition coefficient (Wildman–Crippen LogP) is 3.15. The highest BCUT2D eigenvalue weighted by Gasteiger charge is 2.34. The van der Waals surface area contributed by atoms with Crippen LogP contribution in [0.4, 0.5) is 10.2 Å². The second kappa shape index (κ2) is 6.04. The molecule has 0 unspecified atom stereocenters. The van der Waals surface area contributed by atoms with E-state index < -0.39 is 5.82 Å². The molecule has 1 aromatic carbocycles. The van der Waals surface area contributed by atoms with Crippen LogP contribution < -0.4 is 10.1 Å². The summed E-state index contributed by atoms with van der Waals surface area (Å²) in [6.45, 7) is 3.52. The first-order valence-corrected chi connectivity index (χ1v) is 7.52. The molecule has 118 valence electrons. The van der Waals surface area contributed by atoms with Gasteiger partial charge in [-0.15, -0.1) is 0 Å². The zero-order valence-corrected chi connectivity index (χ0v) is 12.9. The fourth-order valence-corrected chi connectivity index (χ4v) is 3.03. The van der Waals surface area contributed by atoms with Gasteiger partial charge in [-0.25, -0.2) is 14.4 Å². The van der Waals surface area contributed by atoms with E-state index in [0.29, 0.717) is 17.8 Å². The third-order valence-electron chi connectivity index (χ3n) is 4.14. The largest absolute Gasteiger partial charge is 0.494 e. The topological polar surface area (TPSA) is 56.3 Å². The molecule has 1 atom stereocenters. The highest BCUT2D eigenvalue weighted by atomic mass is 19.1. The molecule has 0 spiro atoms. The predicted molar refractivity (Wildman–Crippen MR) is 82.7 cm³/mol. The standard InChI is InChI=1S/C16H20FN3O2/c1-3-6-16(7-8-22-9-16)20-15-11-4-5-12(21-2)13(17)14(11)18-10-19-15/h4-5,10H,3,6-9H2,1-2H3,(H,18,19,20)/t16-/m0/s1. The fourth-order valence-electron chi connectivity index (χ4n) is 3.03. The lowest BCUT2D eigenvalue weighted by Crippen LogP contribution is -2.39. The van der Waals surface area contributed by atoms with Crippen LogP contribution in [0.5, 0.6) is 5.75 Å². The van der Waals surface area contributed by atoms with Crippen LogP contribution in [0.2, 0.25) is 0 Å². The SMILES string of the molecule is CCC[C@]1(Nc2ncnc3c(F)c(OC)ccc23)CCOC1. The summed E-state index contributed by atoms with van der Waals surface area (Å²) < 4.78 is 24.9. The van der Waals surface area contributed by atoms with Gasteiger partial charge in [-0.2, -0.15) is 0 Å². The first-order chi connectivity index (χ1) is 10.7. The summed E-state index contributed by atoms with van der Waals surface area (Å²) in [5, 5.41) is 4.14. The molecule has 1 fully saturated rings. The van der Waals surface area contributed by atoms with Crippen LogP contribution in [0.25, 0.3) is 10.9 Å². The molecule has 5 nitrogen and oxygen atoms in total. The maximum atomic E-state index is 14.3. The van der Waals surface area contributed by atoms with Crippen LogP contribution in [0.15, 0.2) is 18.5 Å². The number of fused-ring (bicyclic) bond motifs is 1. The van der Waals surface area contributed by atoms with Crippen LogP contribution in [0.3, 0.4) is 0 Å². The van der Waals surface area contributed by atoms with E-state index in [1.165, 1.54) is 13.4 Å². The number of hydrogen-bond donors (Lipinski definition) is 1. The summed E-state index contributed by atoms with van der Waals surface area (Å²) in [5.74, 6) is 0.368. The molecule has 0 bridgehead atoms. The number of hydrogen-bond acceptors (Lipinski definition) is 5. The minimum Gasteiger partial charge on any atom is -0.494 e. The number of methoxy groups -OCH3 is 1. The van der Waals surface area contributed by atoms with Crippen molar-refractivity contribution in [1.82, 2.24) is 9.97 Å². The Hall–Kier alpha value is -1.95. The van der Waals surface area contributed by atoms with Crippen LogP contribution in [-0.4, -0.2) is 35.8 Å². The first kappa shape index (κ1) is 15.0. The van der Waals surface area contributed by atoms with E-state index in [4.69, 9.17) is 9.47 Å². The molecule has 0 aliphatic carbocycles. The first-order valence-electron chi connectivity index (χ1n) is 7.52.